The summed E-state index contributed by atoms with van der Waals surface area (Å²) in [6.45, 7) is 4.09. The third-order valence-electron chi connectivity index (χ3n) is 3.48. The summed E-state index contributed by atoms with van der Waals surface area (Å²) >= 11 is 3.12. The Morgan fingerprint density at radius 2 is 2.14 bits per heavy atom. The molecule has 2 heterocycles. The summed E-state index contributed by atoms with van der Waals surface area (Å²) in [6, 6.07) is 8.08. The van der Waals surface area contributed by atoms with E-state index >= 15 is 0 Å². The Kier molecular flexibility index (Phi) is 4.36. The fraction of sp³-hybridized carbons (Fsp3) is 0.176. The second-order valence-corrected chi connectivity index (χ2v) is 6.60. The number of anilines is 1. The lowest BCUT2D eigenvalue weighted by atomic mass is 10.1. The van der Waals surface area contributed by atoms with Crippen LogP contribution in [0.5, 0.6) is 0 Å². The number of hydrogen-bond acceptors (Lipinski definition) is 4. The third-order valence-corrected chi connectivity index (χ3v) is 5.06. The largest absolute Gasteiger partial charge is 0.320 e. The topological polar surface area (TPSA) is 42.0 Å². The van der Waals surface area contributed by atoms with Crippen molar-refractivity contribution in [1.29, 1.82) is 0 Å². The number of nitrogens with zero attached hydrogens (tertiary/aromatic N) is 1. The fourth-order valence-corrected chi connectivity index (χ4v) is 3.79. The smallest absolute Gasteiger partial charge is 0.275 e. The molecule has 0 spiro atoms. The Balaban J connectivity index is 1.84. The second-order valence-electron chi connectivity index (χ2n) is 4.97. The van der Waals surface area contributed by atoms with E-state index in [4.69, 9.17) is 0 Å². The lowest BCUT2D eigenvalue weighted by Crippen LogP contribution is -2.14. The van der Waals surface area contributed by atoms with Gasteiger partial charge in [-0.25, -0.2) is 4.98 Å². The highest BCUT2D eigenvalue weighted by Crippen LogP contribution is 2.27. The van der Waals surface area contributed by atoms with E-state index in [1.807, 2.05) is 47.3 Å². The van der Waals surface area contributed by atoms with Gasteiger partial charge in [0, 0.05) is 22.0 Å². The molecule has 2 aromatic heterocycles. The molecule has 0 aliphatic carbocycles. The molecular formula is C17H16N2OS2. The Bertz CT molecular complexity index is 791. The van der Waals surface area contributed by atoms with E-state index in [0.717, 1.165) is 33.8 Å². The van der Waals surface area contributed by atoms with Crippen molar-refractivity contribution in [3.63, 3.8) is 0 Å². The van der Waals surface area contributed by atoms with Gasteiger partial charge >= 0.3 is 0 Å². The molecule has 0 atom stereocenters. The van der Waals surface area contributed by atoms with Crippen LogP contribution >= 0.6 is 22.7 Å². The molecule has 112 valence electrons. The maximum atomic E-state index is 12.5. The first-order valence-electron chi connectivity index (χ1n) is 7.07. The maximum Gasteiger partial charge on any atom is 0.275 e. The highest BCUT2D eigenvalue weighted by molar-refractivity contribution is 7.14. The normalized spacial score (nSPS) is 10.6. The minimum absolute atomic E-state index is 0.151. The highest BCUT2D eigenvalue weighted by atomic mass is 32.1. The van der Waals surface area contributed by atoms with E-state index in [2.05, 4.69) is 17.2 Å². The number of carbonyl (C=O) groups excluding carboxylic acids is 1. The predicted octanol–water partition coefficient (Wildman–Crippen LogP) is 4.99. The molecule has 0 aliphatic rings. The van der Waals surface area contributed by atoms with Crippen LogP contribution in [-0.4, -0.2) is 10.9 Å². The van der Waals surface area contributed by atoms with E-state index in [1.165, 1.54) is 11.3 Å². The molecule has 1 aromatic carbocycles. The quantitative estimate of drug-likeness (QED) is 0.732. The maximum absolute atomic E-state index is 12.5. The van der Waals surface area contributed by atoms with E-state index in [9.17, 15) is 4.79 Å². The van der Waals surface area contributed by atoms with Crippen molar-refractivity contribution in [3.05, 3.63) is 57.2 Å². The number of aromatic nitrogens is 1. The first-order chi connectivity index (χ1) is 10.7. The standard InChI is InChI=1S/C17H16N2OS2/c1-3-12-6-4-5-11(2)15(12)19-16(20)14-10-22-17(18-14)13-7-8-21-9-13/h4-10H,3H2,1-2H3,(H,19,20). The SMILES string of the molecule is CCc1cccc(C)c1NC(=O)c1csc(-c2ccsc2)n1. The average molecular weight is 328 g/mol. The number of nitrogens with one attached hydrogen (secondary N) is 1. The molecule has 1 N–H and O–H groups in total. The zero-order valence-electron chi connectivity index (χ0n) is 12.4. The zero-order chi connectivity index (χ0) is 15.5. The molecule has 5 heteroatoms. The molecule has 0 saturated heterocycles. The number of rotatable bonds is 4. The highest BCUT2D eigenvalue weighted by Gasteiger charge is 2.14. The first kappa shape index (κ1) is 14.9. The van der Waals surface area contributed by atoms with E-state index in [0.29, 0.717) is 5.69 Å². The van der Waals surface area contributed by atoms with Crippen molar-refractivity contribution in [3.8, 4) is 10.6 Å². The van der Waals surface area contributed by atoms with Crippen molar-refractivity contribution in [2.45, 2.75) is 20.3 Å². The number of carbonyl (C=O) groups is 1. The second kappa shape index (κ2) is 6.42. The van der Waals surface area contributed by atoms with Gasteiger partial charge in [-0.3, -0.25) is 4.79 Å². The summed E-state index contributed by atoms with van der Waals surface area (Å²) in [6.07, 6.45) is 0.883. The molecule has 1 amide bonds. The van der Waals surface area contributed by atoms with Crippen LogP contribution in [0.4, 0.5) is 5.69 Å². The number of amides is 1. The van der Waals surface area contributed by atoms with Crippen LogP contribution in [0.1, 0.15) is 28.5 Å². The van der Waals surface area contributed by atoms with Gasteiger partial charge in [0.2, 0.25) is 0 Å². The number of aryl methyl sites for hydroxylation is 2. The van der Waals surface area contributed by atoms with Crippen LogP contribution in [0.15, 0.2) is 40.4 Å². The minimum Gasteiger partial charge on any atom is -0.320 e. The van der Waals surface area contributed by atoms with Gasteiger partial charge in [0.05, 0.1) is 0 Å². The lowest BCUT2D eigenvalue weighted by molar-refractivity contribution is 0.102. The van der Waals surface area contributed by atoms with Crippen LogP contribution in [-0.2, 0) is 6.42 Å². The van der Waals surface area contributed by atoms with Crippen molar-refractivity contribution in [2.24, 2.45) is 0 Å². The summed E-state index contributed by atoms with van der Waals surface area (Å²) in [5, 5.41) is 9.76. The molecular weight excluding hydrogens is 312 g/mol. The Morgan fingerprint density at radius 3 is 2.86 bits per heavy atom. The molecule has 22 heavy (non-hydrogen) atoms. The molecule has 0 bridgehead atoms. The summed E-state index contributed by atoms with van der Waals surface area (Å²) in [4.78, 5) is 16.9. The number of para-hydroxylation sites is 1. The number of benzene rings is 1. The number of hydrogen-bond donors (Lipinski definition) is 1. The summed E-state index contributed by atoms with van der Waals surface area (Å²) in [5.74, 6) is -0.151. The van der Waals surface area contributed by atoms with Gasteiger partial charge in [-0.1, -0.05) is 25.1 Å². The number of thiazole rings is 1. The zero-order valence-corrected chi connectivity index (χ0v) is 14.1. The van der Waals surface area contributed by atoms with Gasteiger partial charge in [0.15, 0.2) is 0 Å². The molecule has 0 unspecified atom stereocenters. The molecule has 3 aromatic rings. The molecule has 3 nitrogen and oxygen atoms in total. The summed E-state index contributed by atoms with van der Waals surface area (Å²) in [5.41, 5.74) is 4.65. The fourth-order valence-electron chi connectivity index (χ4n) is 2.28. The monoisotopic (exact) mass is 328 g/mol. The Hall–Kier alpha value is -1.98. The van der Waals surface area contributed by atoms with Crippen molar-refractivity contribution < 1.29 is 4.79 Å². The third kappa shape index (κ3) is 2.96. The Labute approximate surface area is 137 Å². The molecule has 0 fully saturated rings. The predicted molar refractivity (Wildman–Crippen MR) is 93.9 cm³/mol. The van der Waals surface area contributed by atoms with Gasteiger partial charge in [-0.05, 0) is 35.9 Å². The molecule has 0 radical (unpaired) electrons. The van der Waals surface area contributed by atoms with Crippen molar-refractivity contribution in [2.75, 3.05) is 5.32 Å². The van der Waals surface area contributed by atoms with E-state index < -0.39 is 0 Å². The van der Waals surface area contributed by atoms with Crippen LogP contribution in [0, 0.1) is 6.92 Å². The molecule has 3 rings (SSSR count). The average Bonchev–Trinajstić information content (AvgIpc) is 3.19. The number of thiophene rings is 1. The van der Waals surface area contributed by atoms with Crippen LogP contribution < -0.4 is 5.32 Å². The summed E-state index contributed by atoms with van der Waals surface area (Å²) < 4.78 is 0. The van der Waals surface area contributed by atoms with Gasteiger partial charge in [-0.2, -0.15) is 11.3 Å². The van der Waals surface area contributed by atoms with E-state index in [1.54, 1.807) is 11.3 Å². The minimum atomic E-state index is -0.151. The van der Waals surface area contributed by atoms with Crippen molar-refractivity contribution in [1.82, 2.24) is 4.98 Å². The van der Waals surface area contributed by atoms with Crippen LogP contribution in [0.25, 0.3) is 10.6 Å². The first-order valence-corrected chi connectivity index (χ1v) is 8.89. The van der Waals surface area contributed by atoms with Gasteiger partial charge in [-0.15, -0.1) is 11.3 Å². The van der Waals surface area contributed by atoms with E-state index in [-0.39, 0.29) is 5.91 Å². The van der Waals surface area contributed by atoms with Crippen LogP contribution in [0.2, 0.25) is 0 Å². The van der Waals surface area contributed by atoms with Gasteiger partial charge < -0.3 is 5.32 Å². The Morgan fingerprint density at radius 1 is 1.27 bits per heavy atom. The molecule has 0 aliphatic heterocycles. The van der Waals surface area contributed by atoms with Gasteiger partial charge in [0.1, 0.15) is 10.7 Å². The summed E-state index contributed by atoms with van der Waals surface area (Å²) in [7, 11) is 0. The van der Waals surface area contributed by atoms with Gasteiger partial charge in [0.25, 0.3) is 5.91 Å². The van der Waals surface area contributed by atoms with Crippen molar-refractivity contribution >= 4 is 34.3 Å². The molecule has 0 saturated carbocycles. The lowest BCUT2D eigenvalue weighted by Gasteiger charge is -2.11. The van der Waals surface area contributed by atoms with Crippen LogP contribution in [0.3, 0.4) is 0 Å².